The van der Waals surface area contributed by atoms with Crippen molar-refractivity contribution in [3.63, 3.8) is 0 Å². The molecule has 2 aromatic rings. The van der Waals surface area contributed by atoms with E-state index in [9.17, 15) is 27.2 Å². The number of ether oxygens (including phenoxy) is 4. The maximum Gasteiger partial charge on any atom is 0.271 e. The highest BCUT2D eigenvalue weighted by atomic mass is 19.3. The maximum absolute atomic E-state index is 13.2. The largest absolute Gasteiger partial charge is 0.493 e. The molecule has 10 nitrogen and oxygen atoms in total. The monoisotopic (exact) mass is 642 g/mol. The number of unbranched alkanes of at least 4 members (excludes halogenated alkanes) is 1. The molecule has 4 aliphatic heterocycles. The van der Waals surface area contributed by atoms with Crippen LogP contribution in [-0.2, 0) is 0 Å². The summed E-state index contributed by atoms with van der Waals surface area (Å²) in [5, 5.41) is 0. The summed E-state index contributed by atoms with van der Waals surface area (Å²) < 4.78 is 75.4. The molecule has 0 unspecified atom stereocenters. The molecule has 242 valence electrons. The summed E-state index contributed by atoms with van der Waals surface area (Å²) in [7, 11) is 2.89. The Balaban J connectivity index is 1.06. The van der Waals surface area contributed by atoms with Gasteiger partial charge in [-0.3, -0.25) is 19.6 Å². The zero-order chi connectivity index (χ0) is 32.5. The van der Waals surface area contributed by atoms with Crippen LogP contribution in [-0.4, -0.2) is 86.6 Å². The Bertz CT molecular complexity index is 1580. The van der Waals surface area contributed by atoms with E-state index in [-0.39, 0.29) is 48.2 Å². The lowest BCUT2D eigenvalue weighted by Crippen LogP contribution is -2.35. The molecule has 2 aromatic carbocycles. The van der Waals surface area contributed by atoms with Crippen molar-refractivity contribution in [3.8, 4) is 23.0 Å². The smallest absolute Gasteiger partial charge is 0.271 e. The molecule has 2 saturated heterocycles. The van der Waals surface area contributed by atoms with E-state index >= 15 is 0 Å². The van der Waals surface area contributed by atoms with Gasteiger partial charge in [0, 0.05) is 61.6 Å². The van der Waals surface area contributed by atoms with Gasteiger partial charge in [0.05, 0.1) is 62.0 Å². The van der Waals surface area contributed by atoms with E-state index in [1.54, 1.807) is 12.1 Å². The summed E-state index contributed by atoms with van der Waals surface area (Å²) >= 11 is 0. The van der Waals surface area contributed by atoms with Crippen molar-refractivity contribution in [1.29, 1.82) is 0 Å². The minimum Gasteiger partial charge on any atom is -0.493 e. The summed E-state index contributed by atoms with van der Waals surface area (Å²) in [5.74, 6) is 0.594. The van der Waals surface area contributed by atoms with Gasteiger partial charge in [-0.05, 0) is 25.0 Å². The van der Waals surface area contributed by atoms with Gasteiger partial charge in [0.15, 0.2) is 23.0 Å². The van der Waals surface area contributed by atoms with Gasteiger partial charge in [-0.2, -0.15) is 17.6 Å². The first-order valence-corrected chi connectivity index (χ1v) is 14.6. The highest BCUT2D eigenvalue weighted by Gasteiger charge is 2.38. The Hall–Kier alpha value is -4.88. The number of rotatable bonds is 9. The summed E-state index contributed by atoms with van der Waals surface area (Å²) in [6.45, 7) is 0.290. The molecule has 0 aromatic heterocycles. The number of carbonyl (C=O) groups excluding carboxylic acids is 2. The van der Waals surface area contributed by atoms with Gasteiger partial charge in [0.1, 0.15) is 0 Å². The van der Waals surface area contributed by atoms with Gasteiger partial charge in [-0.15, -0.1) is 0 Å². The zero-order valence-electron chi connectivity index (χ0n) is 25.0. The van der Waals surface area contributed by atoms with Gasteiger partial charge >= 0.3 is 0 Å². The molecule has 0 N–H and O–H groups in total. The second kappa shape index (κ2) is 12.9. The minimum absolute atomic E-state index is 0.0400. The number of carbonyl (C=O) groups is 2. The molecule has 4 heterocycles. The van der Waals surface area contributed by atoms with Crippen LogP contribution in [0.15, 0.2) is 57.6 Å². The lowest BCUT2D eigenvalue weighted by molar-refractivity contribution is 0.0769. The molecule has 0 bridgehead atoms. The van der Waals surface area contributed by atoms with E-state index in [4.69, 9.17) is 18.9 Å². The fourth-order valence-electron chi connectivity index (χ4n) is 5.89. The second-order valence-electron chi connectivity index (χ2n) is 11.1. The third kappa shape index (κ3) is 5.90. The van der Waals surface area contributed by atoms with Gasteiger partial charge in [-0.25, -0.2) is 0 Å². The standard InChI is InChI=1S/C32H30F4N4O6/c1-43-25-9-21-23(37-13-19-7-17(29(33)34)15-39(19)31(21)41)11-27(25)45-5-3-4-6-46-28-12-24-22(10-26(28)44-2)32(42)40-16-18(30(35)36)8-20(40)14-38-24/h9-14,19-20H,3-8,15-16H2,1-2H3/t19-,20-/m0/s1. The molecule has 4 aliphatic rings. The number of benzene rings is 2. The van der Waals surface area contributed by atoms with Gasteiger partial charge in [0.25, 0.3) is 24.0 Å². The van der Waals surface area contributed by atoms with Crippen molar-refractivity contribution in [2.24, 2.45) is 9.98 Å². The number of nitrogens with zero attached hydrogens (tertiary/aromatic N) is 4. The first kappa shape index (κ1) is 31.1. The zero-order valence-corrected chi connectivity index (χ0v) is 25.0. The van der Waals surface area contributed by atoms with E-state index in [1.165, 1.54) is 48.6 Å². The number of methoxy groups -OCH3 is 2. The van der Waals surface area contributed by atoms with Crippen LogP contribution in [0.2, 0.25) is 0 Å². The topological polar surface area (TPSA) is 102 Å². The van der Waals surface area contributed by atoms with E-state index < -0.39 is 36.1 Å². The highest BCUT2D eigenvalue weighted by Crippen LogP contribution is 2.41. The van der Waals surface area contributed by atoms with Crippen LogP contribution in [0.3, 0.4) is 0 Å². The average molecular weight is 643 g/mol. The van der Waals surface area contributed by atoms with Crippen LogP contribution in [0, 0.1) is 0 Å². The fraction of sp³-hybridized carbons (Fsp3) is 0.375. The highest BCUT2D eigenvalue weighted by molar-refractivity contribution is 6.04. The van der Waals surface area contributed by atoms with E-state index in [1.807, 2.05) is 0 Å². The number of amides is 2. The maximum atomic E-state index is 13.2. The Labute approximate surface area is 261 Å². The summed E-state index contributed by atoms with van der Waals surface area (Å²) in [6.07, 6.45) is 0.740. The molecule has 0 saturated carbocycles. The van der Waals surface area contributed by atoms with Crippen LogP contribution in [0.25, 0.3) is 0 Å². The average Bonchev–Trinajstić information content (AvgIpc) is 3.63. The lowest BCUT2D eigenvalue weighted by atomic mass is 10.1. The fourth-order valence-corrected chi connectivity index (χ4v) is 5.89. The quantitative estimate of drug-likeness (QED) is 0.242. The predicted octanol–water partition coefficient (Wildman–Crippen LogP) is 6.10. The van der Waals surface area contributed by atoms with Crippen LogP contribution in [0.1, 0.15) is 46.4 Å². The van der Waals surface area contributed by atoms with Crippen molar-refractivity contribution in [2.75, 3.05) is 40.5 Å². The number of fused-ring (bicyclic) bond motifs is 4. The summed E-state index contributed by atoms with van der Waals surface area (Å²) in [5.41, 5.74) is 1.08. The minimum atomic E-state index is -1.77. The molecule has 2 amide bonds. The van der Waals surface area contributed by atoms with Crippen LogP contribution < -0.4 is 18.9 Å². The van der Waals surface area contributed by atoms with E-state index in [0.29, 0.717) is 60.4 Å². The molecule has 0 radical (unpaired) electrons. The van der Waals surface area contributed by atoms with E-state index in [0.717, 1.165) is 0 Å². The van der Waals surface area contributed by atoms with Crippen molar-refractivity contribution in [1.82, 2.24) is 9.80 Å². The summed E-state index contributed by atoms with van der Waals surface area (Å²) in [4.78, 5) is 37.9. The van der Waals surface area contributed by atoms with Gasteiger partial charge < -0.3 is 28.7 Å². The SMILES string of the molecule is COc1cc2c(cc1OCCCCOc1cc3c(cc1OC)C(=O)N1CC(=C(F)F)C[C@H]1C=N3)N=C[C@@H]1CC(=C(F)F)CN1C2=O. The molecular formula is C32H30F4N4O6. The third-order valence-electron chi connectivity index (χ3n) is 8.34. The Morgan fingerprint density at radius 2 is 1.11 bits per heavy atom. The number of hydrogen-bond acceptors (Lipinski definition) is 8. The van der Waals surface area contributed by atoms with Crippen molar-refractivity contribution in [3.05, 3.63) is 58.7 Å². The molecule has 0 spiro atoms. The van der Waals surface area contributed by atoms with Crippen molar-refractivity contribution in [2.45, 2.75) is 37.8 Å². The Morgan fingerprint density at radius 3 is 1.48 bits per heavy atom. The first-order chi connectivity index (χ1) is 22.2. The summed E-state index contributed by atoms with van der Waals surface area (Å²) in [6, 6.07) is 5.14. The molecule has 2 atom stereocenters. The van der Waals surface area contributed by atoms with E-state index in [2.05, 4.69) is 9.98 Å². The van der Waals surface area contributed by atoms with Crippen molar-refractivity contribution >= 4 is 35.6 Å². The van der Waals surface area contributed by atoms with Crippen LogP contribution >= 0.6 is 0 Å². The first-order valence-electron chi connectivity index (χ1n) is 14.6. The Kier molecular flexibility index (Phi) is 8.69. The second-order valence-corrected chi connectivity index (χ2v) is 11.1. The molecular weight excluding hydrogens is 612 g/mol. The van der Waals surface area contributed by atoms with Crippen molar-refractivity contribution < 1.29 is 46.1 Å². The molecule has 46 heavy (non-hydrogen) atoms. The lowest BCUT2D eigenvalue weighted by Gasteiger charge is -2.20. The molecule has 14 heteroatoms. The number of aliphatic imine (C=N–C) groups is 2. The predicted molar refractivity (Wildman–Crippen MR) is 160 cm³/mol. The Morgan fingerprint density at radius 1 is 0.696 bits per heavy atom. The normalized spacial score (nSPS) is 19.7. The molecule has 2 fully saturated rings. The molecule has 6 rings (SSSR count). The third-order valence-corrected chi connectivity index (χ3v) is 8.34. The number of hydrogen-bond donors (Lipinski definition) is 0. The van der Waals surface area contributed by atoms with Gasteiger partial charge in [0.2, 0.25) is 0 Å². The molecule has 0 aliphatic carbocycles. The van der Waals surface area contributed by atoms with Crippen LogP contribution in [0.4, 0.5) is 28.9 Å². The van der Waals surface area contributed by atoms with Crippen LogP contribution in [0.5, 0.6) is 23.0 Å². The van der Waals surface area contributed by atoms with Gasteiger partial charge in [-0.1, -0.05) is 0 Å². The number of halogens is 4.